The summed E-state index contributed by atoms with van der Waals surface area (Å²) in [6.07, 6.45) is 0. The third kappa shape index (κ3) is 2.60. The number of para-hydroxylation sites is 1. The van der Waals surface area contributed by atoms with Crippen LogP contribution < -0.4 is 10.3 Å². The molecule has 4 nitrogen and oxygen atoms in total. The SMILES string of the molecule is CCSc1nc2ccccc2c(=O)n1-c1cccc(OC)c1. The van der Waals surface area contributed by atoms with Crippen LogP contribution in [-0.2, 0) is 0 Å². The predicted molar refractivity (Wildman–Crippen MR) is 90.3 cm³/mol. The highest BCUT2D eigenvalue weighted by atomic mass is 32.2. The predicted octanol–water partition coefficient (Wildman–Crippen LogP) is 3.51. The topological polar surface area (TPSA) is 44.1 Å². The zero-order valence-electron chi connectivity index (χ0n) is 12.4. The van der Waals surface area contributed by atoms with Gasteiger partial charge in [-0.15, -0.1) is 0 Å². The van der Waals surface area contributed by atoms with Crippen LogP contribution in [0.4, 0.5) is 0 Å². The van der Waals surface area contributed by atoms with Crippen molar-refractivity contribution in [3.8, 4) is 11.4 Å². The van der Waals surface area contributed by atoms with E-state index in [4.69, 9.17) is 4.74 Å². The van der Waals surface area contributed by atoms with Crippen molar-refractivity contribution in [3.63, 3.8) is 0 Å². The summed E-state index contributed by atoms with van der Waals surface area (Å²) in [7, 11) is 1.61. The molecule has 3 rings (SSSR count). The van der Waals surface area contributed by atoms with E-state index in [0.717, 1.165) is 17.0 Å². The van der Waals surface area contributed by atoms with Crippen molar-refractivity contribution in [2.45, 2.75) is 12.1 Å². The molecule has 0 radical (unpaired) electrons. The van der Waals surface area contributed by atoms with Gasteiger partial charge in [-0.25, -0.2) is 4.98 Å². The van der Waals surface area contributed by atoms with Gasteiger partial charge in [-0.2, -0.15) is 0 Å². The number of benzene rings is 2. The van der Waals surface area contributed by atoms with Gasteiger partial charge in [0, 0.05) is 6.07 Å². The normalized spacial score (nSPS) is 10.8. The van der Waals surface area contributed by atoms with Crippen LogP contribution in [0.5, 0.6) is 5.75 Å². The van der Waals surface area contributed by atoms with E-state index in [9.17, 15) is 4.79 Å². The lowest BCUT2D eigenvalue weighted by atomic mass is 10.2. The van der Waals surface area contributed by atoms with Gasteiger partial charge in [-0.3, -0.25) is 9.36 Å². The minimum Gasteiger partial charge on any atom is -0.497 e. The Labute approximate surface area is 132 Å². The van der Waals surface area contributed by atoms with Gasteiger partial charge in [0.15, 0.2) is 5.16 Å². The first kappa shape index (κ1) is 14.7. The molecule has 0 spiro atoms. The maximum atomic E-state index is 12.9. The summed E-state index contributed by atoms with van der Waals surface area (Å²) in [6.45, 7) is 2.04. The van der Waals surface area contributed by atoms with E-state index in [0.29, 0.717) is 16.3 Å². The molecule has 0 aliphatic rings. The average Bonchev–Trinajstić information content (AvgIpc) is 2.55. The summed E-state index contributed by atoms with van der Waals surface area (Å²) in [6, 6.07) is 14.9. The fourth-order valence-electron chi connectivity index (χ4n) is 2.32. The summed E-state index contributed by atoms with van der Waals surface area (Å²) in [4.78, 5) is 17.5. The number of rotatable bonds is 4. The van der Waals surface area contributed by atoms with Gasteiger partial charge in [0.05, 0.1) is 23.7 Å². The van der Waals surface area contributed by atoms with Gasteiger partial charge in [0.25, 0.3) is 5.56 Å². The maximum absolute atomic E-state index is 12.9. The molecule has 112 valence electrons. The van der Waals surface area contributed by atoms with Gasteiger partial charge in [-0.1, -0.05) is 36.9 Å². The van der Waals surface area contributed by atoms with E-state index < -0.39 is 0 Å². The lowest BCUT2D eigenvalue weighted by molar-refractivity contribution is 0.414. The van der Waals surface area contributed by atoms with Gasteiger partial charge >= 0.3 is 0 Å². The van der Waals surface area contributed by atoms with E-state index in [1.807, 2.05) is 55.5 Å². The van der Waals surface area contributed by atoms with Crippen LogP contribution in [0.25, 0.3) is 16.6 Å². The van der Waals surface area contributed by atoms with Crippen molar-refractivity contribution in [2.24, 2.45) is 0 Å². The highest BCUT2D eigenvalue weighted by Crippen LogP contribution is 2.23. The van der Waals surface area contributed by atoms with Crippen LogP contribution in [-0.4, -0.2) is 22.4 Å². The summed E-state index contributed by atoms with van der Waals surface area (Å²) in [5, 5.41) is 1.31. The minimum absolute atomic E-state index is 0.0604. The van der Waals surface area contributed by atoms with Crippen LogP contribution in [0.3, 0.4) is 0 Å². The fraction of sp³-hybridized carbons (Fsp3) is 0.176. The van der Waals surface area contributed by atoms with E-state index in [1.54, 1.807) is 23.4 Å². The Hall–Kier alpha value is -2.27. The molecule has 0 atom stereocenters. The molecule has 3 aromatic rings. The van der Waals surface area contributed by atoms with Gasteiger partial charge < -0.3 is 4.74 Å². The lowest BCUT2D eigenvalue weighted by Crippen LogP contribution is -2.21. The Kier molecular flexibility index (Phi) is 4.15. The summed E-state index contributed by atoms with van der Waals surface area (Å²) < 4.78 is 6.91. The molecule has 2 aromatic carbocycles. The van der Waals surface area contributed by atoms with Crippen LogP contribution in [0.15, 0.2) is 58.5 Å². The zero-order chi connectivity index (χ0) is 15.5. The Morgan fingerprint density at radius 2 is 2.00 bits per heavy atom. The van der Waals surface area contributed by atoms with Crippen molar-refractivity contribution in [2.75, 3.05) is 12.9 Å². The van der Waals surface area contributed by atoms with Crippen molar-refractivity contribution < 1.29 is 4.74 Å². The smallest absolute Gasteiger partial charge is 0.266 e. The first-order chi connectivity index (χ1) is 10.7. The quantitative estimate of drug-likeness (QED) is 0.546. The van der Waals surface area contributed by atoms with Crippen molar-refractivity contribution >= 4 is 22.7 Å². The number of methoxy groups -OCH3 is 1. The van der Waals surface area contributed by atoms with E-state index >= 15 is 0 Å². The number of nitrogens with zero attached hydrogens (tertiary/aromatic N) is 2. The van der Waals surface area contributed by atoms with Crippen LogP contribution in [0.1, 0.15) is 6.92 Å². The van der Waals surface area contributed by atoms with Crippen molar-refractivity contribution in [3.05, 3.63) is 58.9 Å². The summed E-state index contributed by atoms with van der Waals surface area (Å²) in [5.74, 6) is 1.55. The number of ether oxygens (including phenoxy) is 1. The van der Waals surface area contributed by atoms with Crippen LogP contribution in [0.2, 0.25) is 0 Å². The van der Waals surface area contributed by atoms with Gasteiger partial charge in [0.1, 0.15) is 5.75 Å². The number of thioether (sulfide) groups is 1. The summed E-state index contributed by atoms with van der Waals surface area (Å²) >= 11 is 1.55. The molecule has 0 N–H and O–H groups in total. The highest BCUT2D eigenvalue weighted by molar-refractivity contribution is 7.99. The minimum atomic E-state index is -0.0604. The molecule has 0 saturated heterocycles. The number of fused-ring (bicyclic) bond motifs is 1. The van der Waals surface area contributed by atoms with Crippen LogP contribution in [0, 0.1) is 0 Å². The first-order valence-electron chi connectivity index (χ1n) is 7.03. The number of aromatic nitrogens is 2. The average molecular weight is 312 g/mol. The lowest BCUT2D eigenvalue weighted by Gasteiger charge is -2.13. The fourth-order valence-corrected chi connectivity index (χ4v) is 3.05. The molecule has 0 saturated carbocycles. The molecule has 0 bridgehead atoms. The van der Waals surface area contributed by atoms with Gasteiger partial charge in [0.2, 0.25) is 0 Å². The molecule has 1 heterocycles. The molecule has 1 aromatic heterocycles. The molecule has 0 fully saturated rings. The third-order valence-electron chi connectivity index (χ3n) is 3.33. The second-order valence-electron chi connectivity index (χ2n) is 4.69. The molecular formula is C17H16N2O2S. The molecule has 0 aliphatic carbocycles. The second-order valence-corrected chi connectivity index (χ2v) is 5.92. The Bertz CT molecular complexity index is 874. The Morgan fingerprint density at radius 1 is 1.18 bits per heavy atom. The maximum Gasteiger partial charge on any atom is 0.266 e. The van der Waals surface area contributed by atoms with Crippen molar-refractivity contribution in [1.82, 2.24) is 9.55 Å². The summed E-state index contributed by atoms with van der Waals surface area (Å²) in [5.41, 5.74) is 1.43. The number of hydrogen-bond acceptors (Lipinski definition) is 4. The molecule has 22 heavy (non-hydrogen) atoms. The standard InChI is InChI=1S/C17H16N2O2S/c1-3-22-17-18-15-10-5-4-9-14(15)16(20)19(17)12-7-6-8-13(11-12)21-2/h4-11H,3H2,1-2H3. The zero-order valence-corrected chi connectivity index (χ0v) is 13.3. The largest absolute Gasteiger partial charge is 0.497 e. The Balaban J connectivity index is 2.32. The van der Waals surface area contributed by atoms with Gasteiger partial charge in [-0.05, 0) is 30.0 Å². The molecule has 0 aliphatic heterocycles. The van der Waals surface area contributed by atoms with E-state index in [-0.39, 0.29) is 5.56 Å². The molecule has 0 amide bonds. The molecule has 5 heteroatoms. The number of hydrogen-bond donors (Lipinski definition) is 0. The van der Waals surface area contributed by atoms with Crippen molar-refractivity contribution in [1.29, 1.82) is 0 Å². The first-order valence-corrected chi connectivity index (χ1v) is 8.02. The van der Waals surface area contributed by atoms with E-state index in [2.05, 4.69) is 4.98 Å². The molecule has 0 unspecified atom stereocenters. The van der Waals surface area contributed by atoms with E-state index in [1.165, 1.54) is 0 Å². The highest BCUT2D eigenvalue weighted by Gasteiger charge is 2.13. The Morgan fingerprint density at radius 3 is 2.77 bits per heavy atom. The monoisotopic (exact) mass is 312 g/mol. The third-order valence-corrected chi connectivity index (χ3v) is 4.15. The second kappa shape index (κ2) is 6.23. The van der Waals surface area contributed by atoms with Crippen LogP contribution >= 0.6 is 11.8 Å². The molecular weight excluding hydrogens is 296 g/mol.